The molecule has 7 heteroatoms. The third-order valence-corrected chi connectivity index (χ3v) is 2.47. The Morgan fingerprint density at radius 1 is 1.28 bits per heavy atom. The van der Waals surface area contributed by atoms with Gasteiger partial charge in [0, 0.05) is 6.42 Å². The molecule has 0 aliphatic rings. The van der Waals surface area contributed by atoms with Gasteiger partial charge >= 0.3 is 7.82 Å². The summed E-state index contributed by atoms with van der Waals surface area (Å²) in [4.78, 5) is 21.2. The van der Waals surface area contributed by atoms with Crippen LogP contribution in [0.5, 0.6) is 5.75 Å². The lowest BCUT2D eigenvalue weighted by Crippen LogP contribution is -2.17. The first-order valence-electron chi connectivity index (χ1n) is 5.59. The van der Waals surface area contributed by atoms with Crippen molar-refractivity contribution in [3.8, 4) is 5.75 Å². The Morgan fingerprint density at radius 2 is 1.94 bits per heavy atom. The van der Waals surface area contributed by atoms with Crippen LogP contribution in [0.2, 0.25) is 0 Å². The zero-order valence-electron chi connectivity index (χ0n) is 10.1. The van der Waals surface area contributed by atoms with Crippen LogP contribution in [0.25, 0.3) is 0 Å². The monoisotopic (exact) mass is 276 g/mol. The predicted molar refractivity (Wildman–Crippen MR) is 64.8 cm³/mol. The number of para-hydroxylation sites is 1. The van der Waals surface area contributed by atoms with Gasteiger partial charge in [0.1, 0.15) is 11.9 Å². The van der Waals surface area contributed by atoms with Crippen molar-refractivity contribution in [2.24, 2.45) is 0 Å². The molecule has 102 valence electrons. The number of rotatable bonds is 8. The molecule has 0 saturated carbocycles. The van der Waals surface area contributed by atoms with Crippen LogP contribution in [0.15, 0.2) is 30.3 Å². The first-order valence-corrected chi connectivity index (χ1v) is 7.12. The first-order chi connectivity index (χ1) is 8.51. The van der Waals surface area contributed by atoms with E-state index in [0.717, 1.165) is 12.2 Å². The highest BCUT2D eigenvalue weighted by atomic mass is 31.2. The average Bonchev–Trinajstić information content (AvgIpc) is 2.33. The Balaban J connectivity index is 2.28. The second kappa shape index (κ2) is 7.51. The molecule has 0 aliphatic carbocycles. The minimum Gasteiger partial charge on any atom is -0.490 e. The molecular weight excluding hydrogens is 259 g/mol. The van der Waals surface area contributed by atoms with Crippen LogP contribution in [0, 0.1) is 0 Å². The molecule has 0 heterocycles. The van der Waals surface area contributed by atoms with Crippen molar-refractivity contribution in [2.75, 3.05) is 6.61 Å². The Bertz CT molecular complexity index is 376. The molecule has 18 heavy (non-hydrogen) atoms. The second-order valence-corrected chi connectivity index (χ2v) is 4.77. The van der Waals surface area contributed by atoms with Crippen molar-refractivity contribution >= 4 is 7.82 Å². The van der Waals surface area contributed by atoms with E-state index in [1.165, 1.54) is 0 Å². The Kier molecular flexibility index (Phi) is 6.32. The van der Waals surface area contributed by atoms with Crippen molar-refractivity contribution < 1.29 is 28.7 Å². The van der Waals surface area contributed by atoms with Crippen LogP contribution in [0.4, 0.5) is 0 Å². The minimum atomic E-state index is -4.56. The van der Waals surface area contributed by atoms with E-state index < -0.39 is 7.82 Å². The molecule has 0 aromatic heterocycles. The maximum atomic E-state index is 10.4. The van der Waals surface area contributed by atoms with Gasteiger partial charge < -0.3 is 14.5 Å². The molecule has 0 amide bonds. The van der Waals surface area contributed by atoms with E-state index in [0.29, 0.717) is 6.42 Å². The van der Waals surface area contributed by atoms with Gasteiger partial charge in [-0.05, 0) is 18.6 Å². The summed E-state index contributed by atoms with van der Waals surface area (Å²) in [5.41, 5.74) is 0. The van der Waals surface area contributed by atoms with Gasteiger partial charge in [-0.2, -0.15) is 0 Å². The molecule has 2 N–H and O–H groups in total. The number of phosphoric acid groups is 1. The van der Waals surface area contributed by atoms with E-state index in [9.17, 15) is 4.57 Å². The molecule has 6 nitrogen and oxygen atoms in total. The van der Waals surface area contributed by atoms with Gasteiger partial charge in [0.25, 0.3) is 0 Å². The molecule has 0 bridgehead atoms. The van der Waals surface area contributed by atoms with Gasteiger partial charge in [-0.1, -0.05) is 25.1 Å². The summed E-state index contributed by atoms with van der Waals surface area (Å²) in [7, 11) is -4.56. The summed E-state index contributed by atoms with van der Waals surface area (Å²) in [5, 5.41) is 0. The molecule has 1 aromatic carbocycles. The van der Waals surface area contributed by atoms with Gasteiger partial charge in [-0.15, -0.1) is 4.67 Å². The molecule has 0 saturated heterocycles. The topological polar surface area (TPSA) is 85.2 Å². The predicted octanol–water partition coefficient (Wildman–Crippen LogP) is 2.28. The summed E-state index contributed by atoms with van der Waals surface area (Å²) >= 11 is 0. The van der Waals surface area contributed by atoms with Gasteiger partial charge in [0.15, 0.2) is 0 Å². The molecule has 0 aliphatic heterocycles. The molecule has 0 radical (unpaired) electrons. The first kappa shape index (κ1) is 15.1. The van der Waals surface area contributed by atoms with Crippen LogP contribution in [-0.4, -0.2) is 22.5 Å². The maximum Gasteiger partial charge on any atom is 0.496 e. The fourth-order valence-electron chi connectivity index (χ4n) is 1.32. The quantitative estimate of drug-likeness (QED) is 0.328. The number of benzene rings is 1. The fraction of sp³-hybridized carbons (Fsp3) is 0.455. The molecule has 1 rings (SSSR count). The normalized spacial score (nSPS) is 13.3. The molecule has 1 atom stereocenters. The average molecular weight is 276 g/mol. The van der Waals surface area contributed by atoms with Gasteiger partial charge in [0.05, 0.1) is 6.61 Å². The van der Waals surface area contributed by atoms with E-state index in [-0.39, 0.29) is 12.7 Å². The number of hydrogen-bond acceptors (Lipinski definition) is 4. The SMILES string of the molecule is CCC(CCOOP(=O)(O)O)Oc1ccccc1. The Labute approximate surface area is 106 Å². The van der Waals surface area contributed by atoms with Crippen LogP contribution in [0.1, 0.15) is 19.8 Å². The second-order valence-electron chi connectivity index (χ2n) is 3.64. The van der Waals surface area contributed by atoms with E-state index in [1.54, 1.807) is 0 Å². The largest absolute Gasteiger partial charge is 0.496 e. The molecule has 1 unspecified atom stereocenters. The van der Waals surface area contributed by atoms with E-state index in [4.69, 9.17) is 14.5 Å². The van der Waals surface area contributed by atoms with Crippen LogP contribution < -0.4 is 4.74 Å². The van der Waals surface area contributed by atoms with Crippen molar-refractivity contribution in [1.29, 1.82) is 0 Å². The summed E-state index contributed by atoms with van der Waals surface area (Å²) in [6, 6.07) is 9.32. The standard InChI is InChI=1S/C11H17O6P/c1-2-10(8-9-15-17-18(12,13)14)16-11-6-4-3-5-7-11/h3-7,10H,2,8-9H2,1H3,(H2,12,13,14). The van der Waals surface area contributed by atoms with Crippen molar-refractivity contribution in [3.05, 3.63) is 30.3 Å². The maximum absolute atomic E-state index is 10.4. The van der Waals surface area contributed by atoms with Gasteiger partial charge in [-0.3, -0.25) is 0 Å². The number of hydrogen-bond donors (Lipinski definition) is 2. The lowest BCUT2D eigenvalue weighted by atomic mass is 10.2. The van der Waals surface area contributed by atoms with Gasteiger partial charge in [-0.25, -0.2) is 9.45 Å². The smallest absolute Gasteiger partial charge is 0.490 e. The summed E-state index contributed by atoms with van der Waals surface area (Å²) in [6.07, 6.45) is 1.15. The number of ether oxygens (including phenoxy) is 1. The highest BCUT2D eigenvalue weighted by Gasteiger charge is 2.16. The molecular formula is C11H17O6P. The van der Waals surface area contributed by atoms with E-state index in [1.807, 2.05) is 37.3 Å². The van der Waals surface area contributed by atoms with Gasteiger partial charge in [0.2, 0.25) is 0 Å². The Morgan fingerprint density at radius 3 is 2.50 bits per heavy atom. The minimum absolute atomic E-state index is 0.0520. The highest BCUT2D eigenvalue weighted by Crippen LogP contribution is 2.35. The zero-order chi connectivity index (χ0) is 13.4. The summed E-state index contributed by atoms with van der Waals surface area (Å²) in [6.45, 7) is 2.01. The highest BCUT2D eigenvalue weighted by molar-refractivity contribution is 7.46. The van der Waals surface area contributed by atoms with Crippen molar-refractivity contribution in [1.82, 2.24) is 0 Å². The summed E-state index contributed by atoms with van der Waals surface area (Å²) < 4.78 is 19.9. The van der Waals surface area contributed by atoms with E-state index in [2.05, 4.69) is 9.56 Å². The van der Waals surface area contributed by atoms with Crippen molar-refractivity contribution in [2.45, 2.75) is 25.9 Å². The molecule has 0 spiro atoms. The van der Waals surface area contributed by atoms with Crippen LogP contribution in [-0.2, 0) is 14.1 Å². The van der Waals surface area contributed by atoms with Crippen molar-refractivity contribution in [3.63, 3.8) is 0 Å². The van der Waals surface area contributed by atoms with Crippen LogP contribution in [0.3, 0.4) is 0 Å². The summed E-state index contributed by atoms with van der Waals surface area (Å²) in [5.74, 6) is 0.750. The lowest BCUT2D eigenvalue weighted by Gasteiger charge is -2.17. The fourth-order valence-corrected chi connectivity index (χ4v) is 1.54. The molecule has 0 fully saturated rings. The third-order valence-electron chi connectivity index (χ3n) is 2.17. The zero-order valence-corrected chi connectivity index (χ0v) is 11.0. The molecule has 1 aromatic rings. The van der Waals surface area contributed by atoms with Crippen LogP contribution >= 0.6 is 7.82 Å². The lowest BCUT2D eigenvalue weighted by molar-refractivity contribution is -0.225. The van der Waals surface area contributed by atoms with E-state index >= 15 is 0 Å². The Hall–Kier alpha value is -0.910. The third kappa shape index (κ3) is 6.74.